The molecule has 2 aliphatic heterocycles. The largest absolute Gasteiger partial charge is 0.460 e. The molecule has 1 amide bonds. The van der Waals surface area contributed by atoms with E-state index in [2.05, 4.69) is 4.90 Å². The minimum atomic E-state index is -4.07. The van der Waals surface area contributed by atoms with Gasteiger partial charge >= 0.3 is 5.97 Å². The highest BCUT2D eigenvalue weighted by molar-refractivity contribution is 8.00. The summed E-state index contributed by atoms with van der Waals surface area (Å²) in [6.45, 7) is 6.30. The zero-order valence-corrected chi connectivity index (χ0v) is 27.8. The average molecular weight is 662 g/mol. The van der Waals surface area contributed by atoms with Crippen LogP contribution in [0.15, 0.2) is 82.1 Å². The topological polar surface area (TPSA) is 100 Å². The number of rotatable bonds is 10. The third kappa shape index (κ3) is 6.48. The molecule has 11 heteroatoms. The monoisotopic (exact) mass is 661 g/mol. The molecule has 3 heterocycles. The van der Waals surface area contributed by atoms with Gasteiger partial charge in [0.05, 0.1) is 28.1 Å². The molecule has 0 spiro atoms. The standard InChI is InChI=1S/C35H39N3O6S2/c1-3-43-35(40)33-25(2)28-24-27(15-16-31(28)44-33)46(41,42)38(18-17-26-10-5-4-6-11-26)30-13-8-7-12-29(30)36-19-21-37(22-20-36)34(39)32-14-9-23-45-32/h4-8,10-13,15-16,24,32H,3,9,14,17-23H2,1-2H3. The summed E-state index contributed by atoms with van der Waals surface area (Å²) in [7, 11) is -4.07. The van der Waals surface area contributed by atoms with Crippen molar-refractivity contribution in [1.82, 2.24) is 4.90 Å². The van der Waals surface area contributed by atoms with Crippen molar-refractivity contribution in [2.45, 2.75) is 43.3 Å². The number of amides is 1. The lowest BCUT2D eigenvalue weighted by atomic mass is 10.1. The Bertz CT molecular complexity index is 1810. The maximum atomic E-state index is 14.6. The minimum Gasteiger partial charge on any atom is -0.460 e. The molecule has 0 saturated carbocycles. The van der Waals surface area contributed by atoms with Crippen LogP contribution in [0.5, 0.6) is 0 Å². The highest BCUT2D eigenvalue weighted by Gasteiger charge is 2.33. The van der Waals surface area contributed by atoms with Gasteiger partial charge in [-0.2, -0.15) is 0 Å². The molecule has 2 fully saturated rings. The van der Waals surface area contributed by atoms with Gasteiger partial charge in [-0.3, -0.25) is 9.10 Å². The molecule has 6 rings (SSSR count). The van der Waals surface area contributed by atoms with Gasteiger partial charge in [-0.1, -0.05) is 42.5 Å². The number of para-hydroxylation sites is 2. The number of furan rings is 1. The number of piperazine rings is 1. The van der Waals surface area contributed by atoms with Crippen LogP contribution in [-0.4, -0.2) is 75.5 Å². The molecule has 1 unspecified atom stereocenters. The van der Waals surface area contributed by atoms with Gasteiger partial charge in [0.15, 0.2) is 0 Å². The first-order valence-corrected chi connectivity index (χ1v) is 18.3. The number of carbonyl (C=O) groups excluding carboxylic acids is 2. The number of carbonyl (C=O) groups is 2. The Kier molecular flexibility index (Phi) is 9.60. The fourth-order valence-electron chi connectivity index (χ4n) is 6.21. The van der Waals surface area contributed by atoms with Crippen molar-refractivity contribution in [2.24, 2.45) is 0 Å². The third-order valence-electron chi connectivity index (χ3n) is 8.69. The summed E-state index contributed by atoms with van der Waals surface area (Å²) < 4.78 is 41.6. The second-order valence-corrected chi connectivity index (χ2v) is 14.7. The summed E-state index contributed by atoms with van der Waals surface area (Å²) in [5.74, 6) is 0.750. The Morgan fingerprint density at radius 2 is 1.74 bits per heavy atom. The minimum absolute atomic E-state index is 0.0574. The molecule has 0 radical (unpaired) electrons. The van der Waals surface area contributed by atoms with Crippen LogP contribution in [0, 0.1) is 6.92 Å². The summed E-state index contributed by atoms with van der Waals surface area (Å²) in [5.41, 5.74) is 3.37. The van der Waals surface area contributed by atoms with Crippen LogP contribution < -0.4 is 9.21 Å². The van der Waals surface area contributed by atoms with Gasteiger partial charge in [0.25, 0.3) is 10.0 Å². The van der Waals surface area contributed by atoms with Gasteiger partial charge in [-0.25, -0.2) is 13.2 Å². The van der Waals surface area contributed by atoms with Crippen molar-refractivity contribution < 1.29 is 27.2 Å². The molecule has 46 heavy (non-hydrogen) atoms. The van der Waals surface area contributed by atoms with E-state index in [1.54, 1.807) is 37.7 Å². The predicted octanol–water partition coefficient (Wildman–Crippen LogP) is 5.90. The van der Waals surface area contributed by atoms with Crippen LogP contribution in [0.4, 0.5) is 11.4 Å². The van der Waals surface area contributed by atoms with Crippen LogP contribution >= 0.6 is 11.8 Å². The van der Waals surface area contributed by atoms with E-state index in [0.29, 0.717) is 54.8 Å². The predicted molar refractivity (Wildman–Crippen MR) is 182 cm³/mol. The first-order chi connectivity index (χ1) is 22.3. The van der Waals surface area contributed by atoms with Crippen LogP contribution in [0.1, 0.15) is 41.4 Å². The highest BCUT2D eigenvalue weighted by Crippen LogP contribution is 2.36. The lowest BCUT2D eigenvalue weighted by Gasteiger charge is -2.39. The molecule has 0 N–H and O–H groups in total. The molecule has 0 aliphatic carbocycles. The number of hydrogen-bond acceptors (Lipinski definition) is 8. The molecule has 9 nitrogen and oxygen atoms in total. The van der Waals surface area contributed by atoms with Crippen molar-refractivity contribution in [3.63, 3.8) is 0 Å². The number of ether oxygens (including phenoxy) is 1. The fourth-order valence-corrected chi connectivity index (χ4v) is 8.96. The van der Waals surface area contributed by atoms with Crippen molar-refractivity contribution >= 4 is 56.0 Å². The van der Waals surface area contributed by atoms with E-state index in [4.69, 9.17) is 9.15 Å². The van der Waals surface area contributed by atoms with Crippen LogP contribution in [-0.2, 0) is 26.0 Å². The Morgan fingerprint density at radius 1 is 1.00 bits per heavy atom. The van der Waals surface area contributed by atoms with E-state index in [0.717, 1.165) is 29.8 Å². The van der Waals surface area contributed by atoms with Crippen molar-refractivity contribution in [2.75, 3.05) is 54.3 Å². The van der Waals surface area contributed by atoms with Gasteiger partial charge in [0.2, 0.25) is 11.7 Å². The second-order valence-electron chi connectivity index (χ2n) is 11.6. The molecule has 1 atom stereocenters. The number of esters is 1. The Balaban J connectivity index is 1.33. The van der Waals surface area contributed by atoms with Crippen molar-refractivity contribution in [3.8, 4) is 0 Å². The van der Waals surface area contributed by atoms with Crippen LogP contribution in [0.2, 0.25) is 0 Å². The SMILES string of the molecule is CCOC(=O)c1oc2ccc(S(=O)(=O)N(CCc3ccccc3)c3ccccc3N3CCN(C(=O)C4CCCS4)CC3)cc2c1C. The number of nitrogens with zero attached hydrogens (tertiary/aromatic N) is 3. The molecular formula is C35H39N3O6S2. The van der Waals surface area contributed by atoms with E-state index in [1.807, 2.05) is 59.5 Å². The zero-order chi connectivity index (χ0) is 32.3. The summed E-state index contributed by atoms with van der Waals surface area (Å²) in [6, 6.07) is 22.1. The number of hydrogen-bond donors (Lipinski definition) is 0. The molecule has 3 aromatic carbocycles. The van der Waals surface area contributed by atoms with E-state index in [9.17, 15) is 18.0 Å². The second kappa shape index (κ2) is 13.8. The zero-order valence-electron chi connectivity index (χ0n) is 26.2. The molecule has 0 bridgehead atoms. The van der Waals surface area contributed by atoms with E-state index >= 15 is 0 Å². The maximum Gasteiger partial charge on any atom is 0.374 e. The van der Waals surface area contributed by atoms with Gasteiger partial charge in [-0.05, 0) is 74.8 Å². The molecule has 242 valence electrons. The number of anilines is 2. The van der Waals surface area contributed by atoms with Gasteiger partial charge in [0.1, 0.15) is 5.58 Å². The Labute approximate surface area is 274 Å². The summed E-state index contributed by atoms with van der Waals surface area (Å²) in [4.78, 5) is 29.8. The van der Waals surface area contributed by atoms with E-state index in [-0.39, 0.29) is 35.0 Å². The van der Waals surface area contributed by atoms with Crippen LogP contribution in [0.3, 0.4) is 0 Å². The van der Waals surface area contributed by atoms with Gasteiger partial charge < -0.3 is 19.0 Å². The molecule has 2 saturated heterocycles. The van der Waals surface area contributed by atoms with Crippen LogP contribution in [0.25, 0.3) is 11.0 Å². The summed E-state index contributed by atoms with van der Waals surface area (Å²) >= 11 is 1.75. The number of aryl methyl sites for hydroxylation is 1. The van der Waals surface area contributed by atoms with E-state index in [1.165, 1.54) is 10.4 Å². The van der Waals surface area contributed by atoms with E-state index < -0.39 is 16.0 Å². The number of sulfonamides is 1. The highest BCUT2D eigenvalue weighted by atomic mass is 32.2. The first kappa shape index (κ1) is 32.0. The molecule has 2 aliphatic rings. The quantitative estimate of drug-likeness (QED) is 0.194. The first-order valence-electron chi connectivity index (χ1n) is 15.8. The van der Waals surface area contributed by atoms with Gasteiger partial charge in [-0.15, -0.1) is 11.8 Å². The smallest absolute Gasteiger partial charge is 0.374 e. The lowest BCUT2D eigenvalue weighted by molar-refractivity contribution is -0.130. The van der Waals surface area contributed by atoms with Crippen molar-refractivity contribution in [3.05, 3.63) is 89.7 Å². The number of benzene rings is 3. The molecule has 1 aromatic heterocycles. The Hall–Kier alpha value is -3.96. The lowest BCUT2D eigenvalue weighted by Crippen LogP contribution is -2.51. The summed E-state index contributed by atoms with van der Waals surface area (Å²) in [5, 5.41) is 0.601. The third-order valence-corrected chi connectivity index (χ3v) is 11.9. The van der Waals surface area contributed by atoms with Crippen molar-refractivity contribution in [1.29, 1.82) is 0 Å². The fraction of sp³-hybridized carbons (Fsp3) is 0.371. The normalized spacial score (nSPS) is 17.0. The molecule has 4 aromatic rings. The maximum absolute atomic E-state index is 14.6. The van der Waals surface area contributed by atoms with Gasteiger partial charge in [0, 0.05) is 43.7 Å². The Morgan fingerprint density at radius 3 is 2.46 bits per heavy atom. The number of fused-ring (bicyclic) bond motifs is 1. The summed E-state index contributed by atoms with van der Waals surface area (Å²) in [6.07, 6.45) is 2.53. The molecular weight excluding hydrogens is 623 g/mol. The average Bonchev–Trinajstić information content (AvgIpc) is 3.74. The number of thioether (sulfide) groups is 1.